The van der Waals surface area contributed by atoms with Gasteiger partial charge in [-0.1, -0.05) is 42.5 Å². The molecule has 3 rings (SSSR count). The number of nitrogen functional groups attached to an aromatic ring is 1. The third-order valence-corrected chi connectivity index (χ3v) is 3.76. The highest BCUT2D eigenvalue weighted by Gasteiger charge is 2.15. The summed E-state index contributed by atoms with van der Waals surface area (Å²) < 4.78 is 0. The maximum atomic E-state index is 12.2. The van der Waals surface area contributed by atoms with Crippen LogP contribution in [0.15, 0.2) is 60.7 Å². The third kappa shape index (κ3) is 3.56. The van der Waals surface area contributed by atoms with Crippen molar-refractivity contribution in [3.8, 4) is 0 Å². The number of anilines is 1. The van der Waals surface area contributed by atoms with E-state index in [4.69, 9.17) is 10.6 Å². The molecule has 0 aliphatic carbocycles. The Morgan fingerprint density at radius 1 is 1.12 bits per heavy atom. The van der Waals surface area contributed by atoms with E-state index in [9.17, 15) is 14.9 Å². The van der Waals surface area contributed by atoms with Crippen molar-refractivity contribution in [3.63, 3.8) is 0 Å². The number of hydrogen-bond acceptors (Lipinski definition) is 5. The van der Waals surface area contributed by atoms with Crippen LogP contribution in [0.4, 0.5) is 11.4 Å². The Morgan fingerprint density at radius 2 is 1.88 bits per heavy atom. The third-order valence-electron chi connectivity index (χ3n) is 3.76. The monoisotopic (exact) mass is 337 g/mol. The van der Waals surface area contributed by atoms with Gasteiger partial charge in [0, 0.05) is 17.8 Å². The van der Waals surface area contributed by atoms with Gasteiger partial charge in [0.05, 0.1) is 10.5 Å². The Balaban J connectivity index is 1.71. The zero-order chi connectivity index (χ0) is 17.8. The van der Waals surface area contributed by atoms with Crippen LogP contribution < -0.4 is 11.2 Å². The molecule has 0 spiro atoms. The van der Waals surface area contributed by atoms with Gasteiger partial charge in [-0.25, -0.2) is 5.48 Å². The summed E-state index contributed by atoms with van der Waals surface area (Å²) in [6.07, 6.45) is 0. The van der Waals surface area contributed by atoms with Crippen LogP contribution in [0.3, 0.4) is 0 Å². The quantitative estimate of drug-likeness (QED) is 0.422. The molecular weight excluding hydrogens is 322 g/mol. The average Bonchev–Trinajstić information content (AvgIpc) is 2.62. The van der Waals surface area contributed by atoms with Crippen molar-refractivity contribution in [2.75, 3.05) is 5.73 Å². The van der Waals surface area contributed by atoms with E-state index in [0.717, 1.165) is 22.4 Å². The molecule has 0 fully saturated rings. The summed E-state index contributed by atoms with van der Waals surface area (Å²) in [6.45, 7) is 0.155. The minimum absolute atomic E-state index is 0.00730. The first kappa shape index (κ1) is 16.4. The summed E-state index contributed by atoms with van der Waals surface area (Å²) in [5.41, 5.74) is 8.81. The molecule has 3 N–H and O–H groups in total. The maximum absolute atomic E-state index is 12.2. The van der Waals surface area contributed by atoms with Gasteiger partial charge in [-0.05, 0) is 22.4 Å². The van der Waals surface area contributed by atoms with Crippen LogP contribution in [0.25, 0.3) is 10.8 Å². The Hall–Kier alpha value is -3.45. The molecule has 0 bridgehead atoms. The lowest BCUT2D eigenvalue weighted by atomic mass is 10.1. The second-order valence-electron chi connectivity index (χ2n) is 5.39. The zero-order valence-corrected chi connectivity index (χ0v) is 13.1. The van der Waals surface area contributed by atoms with E-state index in [1.807, 2.05) is 42.5 Å². The van der Waals surface area contributed by atoms with Gasteiger partial charge in [0.1, 0.15) is 6.61 Å². The normalized spacial score (nSPS) is 10.6. The molecule has 0 unspecified atom stereocenters. The van der Waals surface area contributed by atoms with Crippen LogP contribution in [0, 0.1) is 10.1 Å². The highest BCUT2D eigenvalue weighted by atomic mass is 16.7. The number of carbonyl (C=O) groups is 1. The van der Waals surface area contributed by atoms with Gasteiger partial charge in [0.25, 0.3) is 11.6 Å². The van der Waals surface area contributed by atoms with Crippen LogP contribution in [-0.2, 0) is 11.4 Å². The van der Waals surface area contributed by atoms with Gasteiger partial charge < -0.3 is 5.73 Å². The standard InChI is InChI=1S/C18H15N3O4/c19-17-9-8-14(21(23)24)10-16(17)18(22)20-25-11-13-6-3-5-12-4-1-2-7-15(12)13/h1-10H,11,19H2,(H,20,22). The lowest BCUT2D eigenvalue weighted by Crippen LogP contribution is -2.24. The fourth-order valence-corrected chi connectivity index (χ4v) is 2.51. The molecule has 126 valence electrons. The van der Waals surface area contributed by atoms with Gasteiger partial charge in [-0.3, -0.25) is 19.7 Å². The summed E-state index contributed by atoms with van der Waals surface area (Å²) in [6, 6.07) is 17.3. The first-order valence-electron chi connectivity index (χ1n) is 7.49. The molecule has 0 atom stereocenters. The van der Waals surface area contributed by atoms with E-state index in [-0.39, 0.29) is 23.5 Å². The molecular formula is C18H15N3O4. The van der Waals surface area contributed by atoms with Crippen molar-refractivity contribution < 1.29 is 14.6 Å². The summed E-state index contributed by atoms with van der Waals surface area (Å²) in [7, 11) is 0. The molecule has 0 aliphatic rings. The number of hydroxylamine groups is 1. The summed E-state index contributed by atoms with van der Waals surface area (Å²) >= 11 is 0. The fourth-order valence-electron chi connectivity index (χ4n) is 2.51. The van der Waals surface area contributed by atoms with Crippen molar-refractivity contribution in [2.24, 2.45) is 0 Å². The van der Waals surface area contributed by atoms with E-state index in [1.165, 1.54) is 12.1 Å². The Labute approximate surface area is 143 Å². The number of nitro benzene ring substituents is 1. The second-order valence-corrected chi connectivity index (χ2v) is 5.39. The fraction of sp³-hybridized carbons (Fsp3) is 0.0556. The number of fused-ring (bicyclic) bond motifs is 1. The first-order valence-corrected chi connectivity index (χ1v) is 7.49. The minimum Gasteiger partial charge on any atom is -0.398 e. The van der Waals surface area contributed by atoms with Crippen molar-refractivity contribution in [1.29, 1.82) is 0 Å². The largest absolute Gasteiger partial charge is 0.398 e. The van der Waals surface area contributed by atoms with E-state index < -0.39 is 10.8 Å². The lowest BCUT2D eigenvalue weighted by molar-refractivity contribution is -0.384. The number of non-ortho nitro benzene ring substituents is 1. The van der Waals surface area contributed by atoms with Crippen LogP contribution in [0.5, 0.6) is 0 Å². The van der Waals surface area contributed by atoms with Crippen LogP contribution in [-0.4, -0.2) is 10.8 Å². The molecule has 0 saturated carbocycles. The molecule has 25 heavy (non-hydrogen) atoms. The van der Waals surface area contributed by atoms with Gasteiger partial charge >= 0.3 is 0 Å². The summed E-state index contributed by atoms with van der Waals surface area (Å²) in [5.74, 6) is -0.638. The van der Waals surface area contributed by atoms with E-state index >= 15 is 0 Å². The van der Waals surface area contributed by atoms with Crippen molar-refractivity contribution in [3.05, 3.63) is 81.9 Å². The number of nitrogens with zero attached hydrogens (tertiary/aromatic N) is 1. The highest BCUT2D eigenvalue weighted by molar-refractivity contribution is 5.99. The maximum Gasteiger partial charge on any atom is 0.277 e. The van der Waals surface area contributed by atoms with Crippen LogP contribution in [0.2, 0.25) is 0 Å². The number of rotatable bonds is 5. The SMILES string of the molecule is Nc1ccc([N+](=O)[O-])cc1C(=O)NOCc1cccc2ccccc12. The number of nitrogens with two attached hydrogens (primary N) is 1. The van der Waals surface area contributed by atoms with Gasteiger partial charge in [-0.15, -0.1) is 0 Å². The molecule has 1 amide bonds. The van der Waals surface area contributed by atoms with Gasteiger partial charge in [-0.2, -0.15) is 0 Å². The number of nitrogens with one attached hydrogen (secondary N) is 1. The number of carbonyl (C=O) groups excluding carboxylic acids is 1. The van der Waals surface area contributed by atoms with E-state index in [2.05, 4.69) is 5.48 Å². The van der Waals surface area contributed by atoms with Crippen molar-refractivity contribution in [2.45, 2.75) is 6.61 Å². The Morgan fingerprint density at radius 3 is 2.68 bits per heavy atom. The highest BCUT2D eigenvalue weighted by Crippen LogP contribution is 2.21. The molecule has 0 radical (unpaired) electrons. The topological polar surface area (TPSA) is 107 Å². The molecule has 0 aromatic heterocycles. The molecule has 7 nitrogen and oxygen atoms in total. The molecule has 3 aromatic carbocycles. The van der Waals surface area contributed by atoms with E-state index in [0.29, 0.717) is 0 Å². The van der Waals surface area contributed by atoms with Crippen LogP contribution >= 0.6 is 0 Å². The van der Waals surface area contributed by atoms with Gasteiger partial charge in [0.15, 0.2) is 0 Å². The molecule has 0 saturated heterocycles. The number of benzene rings is 3. The first-order chi connectivity index (χ1) is 12.1. The zero-order valence-electron chi connectivity index (χ0n) is 13.1. The second kappa shape index (κ2) is 6.98. The molecule has 3 aromatic rings. The van der Waals surface area contributed by atoms with Crippen molar-refractivity contribution >= 4 is 28.1 Å². The minimum atomic E-state index is -0.638. The molecule has 0 heterocycles. The average molecular weight is 337 g/mol. The number of nitro groups is 1. The summed E-state index contributed by atoms with van der Waals surface area (Å²) in [4.78, 5) is 27.7. The lowest BCUT2D eigenvalue weighted by Gasteiger charge is -2.09. The molecule has 7 heteroatoms. The predicted octanol–water partition coefficient (Wildman–Crippen LogP) is 3.19. The number of hydrogen-bond donors (Lipinski definition) is 2. The van der Waals surface area contributed by atoms with Crippen LogP contribution in [0.1, 0.15) is 15.9 Å². The smallest absolute Gasteiger partial charge is 0.277 e. The van der Waals surface area contributed by atoms with E-state index in [1.54, 1.807) is 0 Å². The molecule has 0 aliphatic heterocycles. The summed E-state index contributed by atoms with van der Waals surface area (Å²) in [5, 5.41) is 12.9. The van der Waals surface area contributed by atoms with Crippen molar-refractivity contribution in [1.82, 2.24) is 5.48 Å². The predicted molar refractivity (Wildman–Crippen MR) is 93.7 cm³/mol. The Bertz CT molecular complexity index is 951. The number of amides is 1. The van der Waals surface area contributed by atoms with Gasteiger partial charge in [0.2, 0.25) is 0 Å². The Kier molecular flexibility index (Phi) is 4.58.